The van der Waals surface area contributed by atoms with Gasteiger partial charge >= 0.3 is 0 Å². The van der Waals surface area contributed by atoms with Crippen LogP contribution in [-0.4, -0.2) is 18.5 Å². The van der Waals surface area contributed by atoms with Gasteiger partial charge in [0.15, 0.2) is 0 Å². The Bertz CT molecular complexity index is 496. The van der Waals surface area contributed by atoms with Crippen LogP contribution in [0.25, 0.3) is 0 Å². The summed E-state index contributed by atoms with van der Waals surface area (Å²) in [5, 5.41) is 5.62. The fourth-order valence-corrected chi connectivity index (χ4v) is 2.57. The average molecular weight is 333 g/mol. The van der Waals surface area contributed by atoms with Gasteiger partial charge in [-0.05, 0) is 47.3 Å². The van der Waals surface area contributed by atoms with Crippen LogP contribution in [0.5, 0.6) is 0 Å². The van der Waals surface area contributed by atoms with Gasteiger partial charge in [-0.3, -0.25) is 4.79 Å². The summed E-state index contributed by atoms with van der Waals surface area (Å²) in [5.74, 6) is -1.57. The normalized spacial score (nSPS) is 23.2. The van der Waals surface area contributed by atoms with Crippen molar-refractivity contribution in [3.05, 3.63) is 28.2 Å². The number of carbonyl (C=O) groups excluding carboxylic acids is 1. The standard InChI is InChI=1S/C13H15BrF2N2O/c1-7-3-2-4-17-12(7)13(19)18-11-5-8(14)9(15)6-10(11)16/h5-7,12,17H,2-4H2,1H3,(H,18,19). The summed E-state index contributed by atoms with van der Waals surface area (Å²) < 4.78 is 26.8. The van der Waals surface area contributed by atoms with Gasteiger partial charge in [-0.1, -0.05) is 6.92 Å². The number of anilines is 1. The molecule has 6 heteroatoms. The van der Waals surface area contributed by atoms with E-state index in [0.717, 1.165) is 25.5 Å². The molecule has 1 fully saturated rings. The number of hydrogen-bond acceptors (Lipinski definition) is 2. The molecular weight excluding hydrogens is 318 g/mol. The van der Waals surface area contributed by atoms with Crippen molar-refractivity contribution in [3.8, 4) is 0 Å². The van der Waals surface area contributed by atoms with Crippen LogP contribution in [0.2, 0.25) is 0 Å². The molecule has 0 spiro atoms. The van der Waals surface area contributed by atoms with E-state index in [1.807, 2.05) is 6.92 Å². The molecule has 1 aliphatic heterocycles. The van der Waals surface area contributed by atoms with E-state index in [9.17, 15) is 13.6 Å². The summed E-state index contributed by atoms with van der Waals surface area (Å²) in [6.07, 6.45) is 1.99. The molecule has 0 aliphatic carbocycles. The predicted octanol–water partition coefficient (Wildman–Crippen LogP) is 3.05. The van der Waals surface area contributed by atoms with Gasteiger partial charge in [-0.25, -0.2) is 8.78 Å². The van der Waals surface area contributed by atoms with Crippen molar-refractivity contribution >= 4 is 27.5 Å². The highest BCUT2D eigenvalue weighted by molar-refractivity contribution is 9.10. The molecule has 2 atom stereocenters. The van der Waals surface area contributed by atoms with Crippen molar-refractivity contribution in [2.45, 2.75) is 25.8 Å². The van der Waals surface area contributed by atoms with Crippen molar-refractivity contribution < 1.29 is 13.6 Å². The third-order valence-electron chi connectivity index (χ3n) is 3.32. The van der Waals surface area contributed by atoms with Crippen molar-refractivity contribution in [1.29, 1.82) is 0 Å². The molecular formula is C13H15BrF2N2O. The molecule has 1 heterocycles. The Labute approximate surface area is 118 Å². The number of halogens is 3. The van der Waals surface area contributed by atoms with E-state index in [1.54, 1.807) is 0 Å². The Morgan fingerprint density at radius 2 is 2.16 bits per heavy atom. The minimum absolute atomic E-state index is 0.0159. The van der Waals surface area contributed by atoms with Crippen LogP contribution >= 0.6 is 15.9 Å². The second kappa shape index (κ2) is 5.96. The van der Waals surface area contributed by atoms with Crippen molar-refractivity contribution in [3.63, 3.8) is 0 Å². The largest absolute Gasteiger partial charge is 0.322 e. The van der Waals surface area contributed by atoms with Crippen LogP contribution in [0.15, 0.2) is 16.6 Å². The third-order valence-corrected chi connectivity index (χ3v) is 3.93. The van der Waals surface area contributed by atoms with E-state index in [4.69, 9.17) is 0 Å². The Morgan fingerprint density at radius 1 is 1.42 bits per heavy atom. The molecule has 1 aromatic rings. The lowest BCUT2D eigenvalue weighted by atomic mass is 9.92. The molecule has 0 radical (unpaired) electrons. The van der Waals surface area contributed by atoms with Crippen molar-refractivity contribution in [1.82, 2.24) is 5.32 Å². The molecule has 1 amide bonds. The maximum absolute atomic E-state index is 13.6. The molecule has 2 rings (SSSR count). The van der Waals surface area contributed by atoms with Gasteiger partial charge in [0.2, 0.25) is 5.91 Å². The number of nitrogens with one attached hydrogen (secondary N) is 2. The van der Waals surface area contributed by atoms with E-state index in [1.165, 1.54) is 6.07 Å². The molecule has 0 aromatic heterocycles. The molecule has 1 aromatic carbocycles. The highest BCUT2D eigenvalue weighted by atomic mass is 79.9. The molecule has 1 saturated heterocycles. The maximum Gasteiger partial charge on any atom is 0.241 e. The number of amides is 1. The minimum Gasteiger partial charge on any atom is -0.322 e. The molecule has 0 bridgehead atoms. The fourth-order valence-electron chi connectivity index (χ4n) is 2.23. The van der Waals surface area contributed by atoms with Crippen LogP contribution in [0.3, 0.4) is 0 Å². The topological polar surface area (TPSA) is 41.1 Å². The summed E-state index contributed by atoms with van der Waals surface area (Å²) in [7, 11) is 0. The number of hydrogen-bond donors (Lipinski definition) is 2. The fraction of sp³-hybridized carbons (Fsp3) is 0.462. The molecule has 1 aliphatic rings. The lowest BCUT2D eigenvalue weighted by molar-refractivity contribution is -0.119. The van der Waals surface area contributed by atoms with Crippen LogP contribution in [0.1, 0.15) is 19.8 Å². The van der Waals surface area contributed by atoms with Crippen LogP contribution in [-0.2, 0) is 4.79 Å². The number of carbonyl (C=O) groups is 1. The molecule has 19 heavy (non-hydrogen) atoms. The van der Waals surface area contributed by atoms with Crippen LogP contribution < -0.4 is 10.6 Å². The van der Waals surface area contributed by atoms with Crippen LogP contribution in [0.4, 0.5) is 14.5 Å². The van der Waals surface area contributed by atoms with E-state index < -0.39 is 11.6 Å². The average Bonchev–Trinajstić information content (AvgIpc) is 2.36. The Kier molecular flexibility index (Phi) is 4.52. The molecule has 2 N–H and O–H groups in total. The Balaban J connectivity index is 2.12. The van der Waals surface area contributed by atoms with Gasteiger partial charge in [0.1, 0.15) is 11.6 Å². The molecule has 3 nitrogen and oxygen atoms in total. The Morgan fingerprint density at radius 3 is 2.84 bits per heavy atom. The first-order chi connectivity index (χ1) is 8.99. The zero-order valence-corrected chi connectivity index (χ0v) is 12.1. The Hall–Kier alpha value is -1.01. The SMILES string of the molecule is CC1CCCNC1C(=O)Nc1cc(Br)c(F)cc1F. The predicted molar refractivity (Wildman–Crippen MR) is 72.9 cm³/mol. The highest BCUT2D eigenvalue weighted by Crippen LogP contribution is 2.24. The van der Waals surface area contributed by atoms with Crippen molar-refractivity contribution in [2.75, 3.05) is 11.9 Å². The van der Waals surface area contributed by atoms with E-state index >= 15 is 0 Å². The summed E-state index contributed by atoms with van der Waals surface area (Å²) in [5.41, 5.74) is -0.0159. The van der Waals surface area contributed by atoms with Crippen molar-refractivity contribution in [2.24, 2.45) is 5.92 Å². The van der Waals surface area contributed by atoms with Gasteiger partial charge in [0.25, 0.3) is 0 Å². The van der Waals surface area contributed by atoms with Crippen LogP contribution in [0, 0.1) is 17.6 Å². The van der Waals surface area contributed by atoms with Gasteiger partial charge in [-0.15, -0.1) is 0 Å². The second-order valence-corrected chi connectivity index (χ2v) is 5.64. The lowest BCUT2D eigenvalue weighted by Gasteiger charge is -2.29. The minimum atomic E-state index is -0.780. The molecule has 2 unspecified atom stereocenters. The summed E-state index contributed by atoms with van der Waals surface area (Å²) in [6, 6.07) is 1.64. The first kappa shape index (κ1) is 14.4. The summed E-state index contributed by atoms with van der Waals surface area (Å²) in [4.78, 5) is 12.1. The lowest BCUT2D eigenvalue weighted by Crippen LogP contribution is -2.48. The highest BCUT2D eigenvalue weighted by Gasteiger charge is 2.27. The van der Waals surface area contributed by atoms with Gasteiger partial charge in [0.05, 0.1) is 16.2 Å². The quantitative estimate of drug-likeness (QED) is 0.817. The zero-order chi connectivity index (χ0) is 14.0. The number of benzene rings is 1. The first-order valence-corrected chi connectivity index (χ1v) is 6.97. The van der Waals surface area contributed by atoms with Gasteiger partial charge in [0, 0.05) is 6.07 Å². The maximum atomic E-state index is 13.6. The van der Waals surface area contributed by atoms with E-state index in [0.29, 0.717) is 0 Å². The first-order valence-electron chi connectivity index (χ1n) is 6.18. The van der Waals surface area contributed by atoms with E-state index in [-0.39, 0.29) is 28.0 Å². The zero-order valence-electron chi connectivity index (χ0n) is 10.5. The number of piperidine rings is 1. The van der Waals surface area contributed by atoms with Gasteiger partial charge < -0.3 is 10.6 Å². The summed E-state index contributed by atoms with van der Waals surface area (Å²) >= 11 is 2.97. The summed E-state index contributed by atoms with van der Waals surface area (Å²) in [6.45, 7) is 2.76. The molecule has 0 saturated carbocycles. The number of rotatable bonds is 2. The molecule has 104 valence electrons. The third kappa shape index (κ3) is 3.30. The monoisotopic (exact) mass is 332 g/mol. The smallest absolute Gasteiger partial charge is 0.241 e. The van der Waals surface area contributed by atoms with Gasteiger partial charge in [-0.2, -0.15) is 0 Å². The second-order valence-electron chi connectivity index (χ2n) is 4.79. The van der Waals surface area contributed by atoms with E-state index in [2.05, 4.69) is 26.6 Å².